The van der Waals surface area contributed by atoms with Gasteiger partial charge in [0, 0.05) is 0 Å². The number of rotatable bonds is 6. The Bertz CT molecular complexity index is 714. The highest BCUT2D eigenvalue weighted by atomic mass is 19.1. The normalized spacial score (nSPS) is 12.2. The lowest BCUT2D eigenvalue weighted by Gasteiger charge is -2.16. The van der Waals surface area contributed by atoms with Crippen molar-refractivity contribution >= 4 is 11.9 Å². The molecule has 0 unspecified atom stereocenters. The number of hydrogen-bond donors (Lipinski definition) is 2. The van der Waals surface area contributed by atoms with Crippen molar-refractivity contribution in [2.24, 2.45) is 5.92 Å². The smallest absolute Gasteiger partial charge is 0.326 e. The molecular formula is C15H17FN4O3. The fraction of sp³-hybridized carbons (Fsp3) is 0.333. The van der Waals surface area contributed by atoms with Crippen LogP contribution in [0, 0.1) is 11.7 Å². The predicted molar refractivity (Wildman–Crippen MR) is 79.3 cm³/mol. The Morgan fingerprint density at radius 3 is 2.74 bits per heavy atom. The zero-order valence-electron chi connectivity index (χ0n) is 12.7. The predicted octanol–water partition coefficient (Wildman–Crippen LogP) is 1.30. The number of hydrogen-bond acceptors (Lipinski definition) is 4. The van der Waals surface area contributed by atoms with Crippen molar-refractivity contribution in [3.05, 3.63) is 47.5 Å². The second kappa shape index (κ2) is 6.99. The fourth-order valence-corrected chi connectivity index (χ4v) is 2.03. The molecule has 2 N–H and O–H groups in total. The van der Waals surface area contributed by atoms with Gasteiger partial charge in [0.15, 0.2) is 5.69 Å². The second-order valence-electron chi connectivity index (χ2n) is 5.46. The molecule has 0 aliphatic carbocycles. The molecule has 1 aromatic heterocycles. The first-order valence-electron chi connectivity index (χ1n) is 7.05. The molecule has 0 spiro atoms. The molecule has 0 saturated heterocycles. The molecule has 0 fully saturated rings. The van der Waals surface area contributed by atoms with E-state index in [9.17, 15) is 14.0 Å². The topological polar surface area (TPSA) is 97.1 Å². The van der Waals surface area contributed by atoms with E-state index in [0.29, 0.717) is 5.56 Å². The van der Waals surface area contributed by atoms with Crippen LogP contribution >= 0.6 is 0 Å². The van der Waals surface area contributed by atoms with Crippen molar-refractivity contribution in [3.8, 4) is 0 Å². The molecule has 8 heteroatoms. The lowest BCUT2D eigenvalue weighted by atomic mass is 10.0. The third-order valence-corrected chi connectivity index (χ3v) is 3.22. The van der Waals surface area contributed by atoms with Crippen LogP contribution in [-0.2, 0) is 11.3 Å². The molecule has 1 amide bonds. The number of carboxylic acid groups (broad SMARTS) is 1. The first-order valence-corrected chi connectivity index (χ1v) is 7.05. The van der Waals surface area contributed by atoms with E-state index in [1.165, 1.54) is 23.0 Å². The molecular weight excluding hydrogens is 303 g/mol. The lowest BCUT2D eigenvalue weighted by molar-refractivity contribution is -0.140. The summed E-state index contributed by atoms with van der Waals surface area (Å²) in [7, 11) is 0. The minimum atomic E-state index is -1.11. The third-order valence-electron chi connectivity index (χ3n) is 3.22. The zero-order valence-corrected chi connectivity index (χ0v) is 12.7. The standard InChI is InChI=1S/C15H17FN4O3/c1-9(2)13(15(22)23)17-14(21)12-8-20(19-18-12)7-10-4-3-5-11(16)6-10/h3-6,8-9,13H,7H2,1-2H3,(H,17,21)(H,22,23)/t13-/m1/s1. The van der Waals surface area contributed by atoms with Crippen LogP contribution in [0.2, 0.25) is 0 Å². The van der Waals surface area contributed by atoms with E-state index in [1.54, 1.807) is 26.0 Å². The number of aromatic nitrogens is 3. The molecule has 2 rings (SSSR count). The Balaban J connectivity index is 2.06. The van der Waals surface area contributed by atoms with E-state index >= 15 is 0 Å². The Morgan fingerprint density at radius 1 is 1.39 bits per heavy atom. The third kappa shape index (κ3) is 4.35. The van der Waals surface area contributed by atoms with Gasteiger partial charge in [-0.1, -0.05) is 31.2 Å². The zero-order chi connectivity index (χ0) is 17.0. The van der Waals surface area contributed by atoms with Crippen LogP contribution in [0.5, 0.6) is 0 Å². The summed E-state index contributed by atoms with van der Waals surface area (Å²) in [6.45, 7) is 3.64. The minimum absolute atomic E-state index is 0.00769. The van der Waals surface area contributed by atoms with Crippen molar-refractivity contribution in [2.45, 2.75) is 26.4 Å². The summed E-state index contributed by atoms with van der Waals surface area (Å²) >= 11 is 0. The molecule has 2 aromatic rings. The first-order chi connectivity index (χ1) is 10.9. The van der Waals surface area contributed by atoms with Crippen LogP contribution in [0.15, 0.2) is 30.5 Å². The number of carboxylic acids is 1. The van der Waals surface area contributed by atoms with Crippen molar-refractivity contribution in [1.82, 2.24) is 20.3 Å². The molecule has 0 radical (unpaired) electrons. The minimum Gasteiger partial charge on any atom is -0.480 e. The van der Waals surface area contributed by atoms with E-state index in [4.69, 9.17) is 5.11 Å². The SMILES string of the molecule is CC(C)[C@@H](NC(=O)c1cn(Cc2cccc(F)c2)nn1)C(=O)O. The number of nitrogens with zero attached hydrogens (tertiary/aromatic N) is 3. The van der Waals surface area contributed by atoms with E-state index in [2.05, 4.69) is 15.6 Å². The largest absolute Gasteiger partial charge is 0.480 e. The Morgan fingerprint density at radius 2 is 2.13 bits per heavy atom. The van der Waals surface area contributed by atoms with Gasteiger partial charge in [0.1, 0.15) is 11.9 Å². The van der Waals surface area contributed by atoms with E-state index in [0.717, 1.165) is 0 Å². The number of carbonyl (C=O) groups is 2. The molecule has 0 bridgehead atoms. The van der Waals surface area contributed by atoms with Gasteiger partial charge in [-0.3, -0.25) is 4.79 Å². The molecule has 1 atom stereocenters. The Kier molecular flexibility index (Phi) is 5.05. The second-order valence-corrected chi connectivity index (χ2v) is 5.46. The maximum atomic E-state index is 13.1. The number of benzene rings is 1. The number of amides is 1. The quantitative estimate of drug-likeness (QED) is 0.836. The van der Waals surface area contributed by atoms with Crippen LogP contribution < -0.4 is 5.32 Å². The highest BCUT2D eigenvalue weighted by Gasteiger charge is 2.25. The summed E-state index contributed by atoms with van der Waals surface area (Å²) in [6, 6.07) is 5.00. The average Bonchev–Trinajstić information content (AvgIpc) is 2.92. The van der Waals surface area contributed by atoms with Gasteiger partial charge < -0.3 is 10.4 Å². The Labute approximate surface area is 132 Å². The van der Waals surface area contributed by atoms with Crippen molar-refractivity contribution in [2.75, 3.05) is 0 Å². The molecule has 122 valence electrons. The molecule has 0 aliphatic heterocycles. The van der Waals surface area contributed by atoms with Gasteiger partial charge >= 0.3 is 5.97 Å². The summed E-state index contributed by atoms with van der Waals surface area (Å²) < 4.78 is 14.5. The monoisotopic (exact) mass is 320 g/mol. The molecule has 0 aliphatic rings. The summed E-state index contributed by atoms with van der Waals surface area (Å²) in [5.74, 6) is -2.35. The number of carbonyl (C=O) groups excluding carboxylic acids is 1. The number of halogens is 1. The van der Waals surface area contributed by atoms with Gasteiger partial charge in [0.2, 0.25) is 0 Å². The summed E-state index contributed by atoms with van der Waals surface area (Å²) in [6.07, 6.45) is 1.39. The maximum Gasteiger partial charge on any atom is 0.326 e. The van der Waals surface area contributed by atoms with Crippen LogP contribution in [-0.4, -0.2) is 38.0 Å². The van der Waals surface area contributed by atoms with Crippen LogP contribution in [0.3, 0.4) is 0 Å². The molecule has 23 heavy (non-hydrogen) atoms. The molecule has 0 saturated carbocycles. The fourth-order valence-electron chi connectivity index (χ4n) is 2.03. The van der Waals surface area contributed by atoms with E-state index < -0.39 is 17.9 Å². The molecule has 1 heterocycles. The van der Waals surface area contributed by atoms with Gasteiger partial charge in [-0.25, -0.2) is 13.9 Å². The van der Waals surface area contributed by atoms with Crippen molar-refractivity contribution in [3.63, 3.8) is 0 Å². The molecule has 1 aromatic carbocycles. The molecule has 7 nitrogen and oxygen atoms in total. The van der Waals surface area contributed by atoms with Gasteiger partial charge in [-0.05, 0) is 23.6 Å². The Hall–Kier alpha value is -2.77. The summed E-state index contributed by atoms with van der Waals surface area (Å²) in [5, 5.41) is 19.0. The van der Waals surface area contributed by atoms with Gasteiger partial charge in [-0.2, -0.15) is 0 Å². The average molecular weight is 320 g/mol. The highest BCUT2D eigenvalue weighted by molar-refractivity contribution is 5.94. The van der Waals surface area contributed by atoms with Crippen LogP contribution in [0.25, 0.3) is 0 Å². The first kappa shape index (κ1) is 16.6. The number of aliphatic carboxylic acids is 1. The van der Waals surface area contributed by atoms with Crippen molar-refractivity contribution in [1.29, 1.82) is 0 Å². The summed E-state index contributed by atoms with van der Waals surface area (Å²) in [5.41, 5.74) is 0.681. The van der Waals surface area contributed by atoms with E-state index in [1.807, 2.05) is 0 Å². The van der Waals surface area contributed by atoms with Crippen molar-refractivity contribution < 1.29 is 19.1 Å². The van der Waals surface area contributed by atoms with Gasteiger partial charge in [-0.15, -0.1) is 5.10 Å². The van der Waals surface area contributed by atoms with Crippen LogP contribution in [0.1, 0.15) is 29.9 Å². The van der Waals surface area contributed by atoms with Gasteiger partial charge in [0.05, 0.1) is 12.7 Å². The highest BCUT2D eigenvalue weighted by Crippen LogP contribution is 2.07. The van der Waals surface area contributed by atoms with Gasteiger partial charge in [0.25, 0.3) is 5.91 Å². The number of nitrogens with one attached hydrogen (secondary N) is 1. The van der Waals surface area contributed by atoms with Crippen LogP contribution in [0.4, 0.5) is 4.39 Å². The summed E-state index contributed by atoms with van der Waals surface area (Å²) in [4.78, 5) is 23.1. The maximum absolute atomic E-state index is 13.1. The van der Waals surface area contributed by atoms with E-state index in [-0.39, 0.29) is 24.0 Å². The lowest BCUT2D eigenvalue weighted by Crippen LogP contribution is -2.44.